The topological polar surface area (TPSA) is 89.2 Å². The molecule has 3 rings (SSSR count). The molecule has 114 valence electrons. The van der Waals surface area contributed by atoms with E-state index in [0.717, 1.165) is 5.56 Å². The molecule has 0 atom stereocenters. The molecule has 0 saturated heterocycles. The number of hydrogen-bond acceptors (Lipinski definition) is 5. The lowest BCUT2D eigenvalue weighted by Gasteiger charge is -2.02. The van der Waals surface area contributed by atoms with Gasteiger partial charge in [-0.25, -0.2) is 13.1 Å². The summed E-state index contributed by atoms with van der Waals surface area (Å²) in [4.78, 5) is 0. The Labute approximate surface area is 123 Å². The first kappa shape index (κ1) is 14.3. The van der Waals surface area contributed by atoms with E-state index in [9.17, 15) is 8.42 Å². The molecule has 7 nitrogen and oxygen atoms in total. The van der Waals surface area contributed by atoms with Crippen LogP contribution in [0.1, 0.15) is 24.2 Å². The van der Waals surface area contributed by atoms with Gasteiger partial charge in [0, 0.05) is 31.4 Å². The van der Waals surface area contributed by atoms with Crippen LogP contribution in [-0.4, -0.2) is 24.2 Å². The fourth-order valence-electron chi connectivity index (χ4n) is 1.94. The van der Waals surface area contributed by atoms with E-state index in [1.807, 2.05) is 0 Å². The van der Waals surface area contributed by atoms with Crippen molar-refractivity contribution >= 4 is 10.0 Å². The van der Waals surface area contributed by atoms with Crippen LogP contribution in [0.3, 0.4) is 0 Å². The highest BCUT2D eigenvalue weighted by Crippen LogP contribution is 2.20. The zero-order chi connectivity index (χ0) is 14.9. The minimum Gasteiger partial charge on any atom is -0.447 e. The van der Waals surface area contributed by atoms with Gasteiger partial charge in [-0.1, -0.05) is 0 Å². The van der Waals surface area contributed by atoms with Crippen molar-refractivity contribution in [1.82, 2.24) is 19.8 Å². The van der Waals surface area contributed by atoms with Crippen LogP contribution in [0.5, 0.6) is 0 Å². The first-order valence-corrected chi connectivity index (χ1v) is 8.30. The Morgan fingerprint density at radius 1 is 1.38 bits per heavy atom. The molecule has 0 spiro atoms. The molecule has 2 heterocycles. The number of rotatable bonds is 7. The molecule has 0 aliphatic heterocycles. The van der Waals surface area contributed by atoms with Gasteiger partial charge in [-0.2, -0.15) is 5.10 Å². The van der Waals surface area contributed by atoms with Crippen molar-refractivity contribution in [2.45, 2.75) is 37.1 Å². The molecule has 0 unspecified atom stereocenters. The Balaban J connectivity index is 1.60. The lowest BCUT2D eigenvalue weighted by molar-refractivity contribution is 0.399. The molecule has 1 aliphatic rings. The van der Waals surface area contributed by atoms with Gasteiger partial charge in [0.1, 0.15) is 5.76 Å². The summed E-state index contributed by atoms with van der Waals surface area (Å²) in [6.07, 6.45) is 5.74. The zero-order valence-corrected chi connectivity index (χ0v) is 12.6. The predicted molar refractivity (Wildman–Crippen MR) is 75.8 cm³/mol. The van der Waals surface area contributed by atoms with Crippen molar-refractivity contribution in [3.8, 4) is 0 Å². The molecule has 1 aliphatic carbocycles. The molecule has 1 fully saturated rings. The Morgan fingerprint density at radius 3 is 2.86 bits per heavy atom. The standard InChI is InChI=1S/C13H18N4O3S/c1-17-9-10(6-15-17)7-16-21(18,19)13-5-4-12(20-13)8-14-11-2-3-11/h4-6,9,11,14,16H,2-3,7-8H2,1H3. The Bertz CT molecular complexity index is 715. The van der Waals surface area contributed by atoms with Crippen molar-refractivity contribution in [2.24, 2.45) is 7.05 Å². The molecule has 0 radical (unpaired) electrons. The van der Waals surface area contributed by atoms with Crippen LogP contribution in [0, 0.1) is 0 Å². The summed E-state index contributed by atoms with van der Waals surface area (Å²) in [7, 11) is -1.85. The molecule has 0 amide bonds. The lowest BCUT2D eigenvalue weighted by atomic mass is 10.4. The number of aryl methyl sites for hydroxylation is 1. The summed E-state index contributed by atoms with van der Waals surface area (Å²) >= 11 is 0. The van der Waals surface area contributed by atoms with Crippen LogP contribution in [0.2, 0.25) is 0 Å². The second-order valence-corrected chi connectivity index (χ2v) is 6.92. The fraction of sp³-hybridized carbons (Fsp3) is 0.462. The van der Waals surface area contributed by atoms with E-state index in [1.54, 1.807) is 30.2 Å². The van der Waals surface area contributed by atoms with E-state index in [4.69, 9.17) is 4.42 Å². The van der Waals surface area contributed by atoms with Gasteiger partial charge in [0.25, 0.3) is 10.0 Å². The normalized spacial score (nSPS) is 15.5. The highest BCUT2D eigenvalue weighted by atomic mass is 32.2. The Morgan fingerprint density at radius 2 is 2.19 bits per heavy atom. The van der Waals surface area contributed by atoms with E-state index in [2.05, 4.69) is 15.1 Å². The molecular weight excluding hydrogens is 292 g/mol. The van der Waals surface area contributed by atoms with Crippen molar-refractivity contribution in [3.63, 3.8) is 0 Å². The zero-order valence-electron chi connectivity index (χ0n) is 11.7. The summed E-state index contributed by atoms with van der Waals surface area (Å²) in [5, 5.41) is 7.21. The Hall–Kier alpha value is -1.64. The smallest absolute Gasteiger partial charge is 0.274 e. The van der Waals surface area contributed by atoms with Crippen molar-refractivity contribution < 1.29 is 12.8 Å². The van der Waals surface area contributed by atoms with Gasteiger partial charge in [0.05, 0.1) is 12.7 Å². The van der Waals surface area contributed by atoms with Crippen LogP contribution in [-0.2, 0) is 30.2 Å². The summed E-state index contributed by atoms with van der Waals surface area (Å²) in [6.45, 7) is 0.745. The highest BCUT2D eigenvalue weighted by molar-refractivity contribution is 7.89. The molecule has 2 aromatic heterocycles. The average molecular weight is 310 g/mol. The maximum atomic E-state index is 12.1. The maximum absolute atomic E-state index is 12.1. The highest BCUT2D eigenvalue weighted by Gasteiger charge is 2.22. The van der Waals surface area contributed by atoms with Gasteiger partial charge >= 0.3 is 0 Å². The van der Waals surface area contributed by atoms with Crippen LogP contribution in [0.15, 0.2) is 34.0 Å². The monoisotopic (exact) mass is 310 g/mol. The van der Waals surface area contributed by atoms with Gasteiger partial charge in [-0.3, -0.25) is 4.68 Å². The van der Waals surface area contributed by atoms with Crippen molar-refractivity contribution in [1.29, 1.82) is 0 Å². The van der Waals surface area contributed by atoms with E-state index in [0.29, 0.717) is 18.3 Å². The first-order valence-electron chi connectivity index (χ1n) is 6.82. The SMILES string of the molecule is Cn1cc(CNS(=O)(=O)c2ccc(CNC3CC3)o2)cn1. The van der Waals surface area contributed by atoms with Gasteiger partial charge in [-0.15, -0.1) is 0 Å². The average Bonchev–Trinajstić information content (AvgIpc) is 2.97. The third-order valence-corrected chi connectivity index (χ3v) is 4.54. The molecule has 2 N–H and O–H groups in total. The van der Waals surface area contributed by atoms with E-state index in [-0.39, 0.29) is 11.6 Å². The van der Waals surface area contributed by atoms with Gasteiger partial charge < -0.3 is 9.73 Å². The minimum atomic E-state index is -3.63. The van der Waals surface area contributed by atoms with Crippen LogP contribution < -0.4 is 10.0 Å². The van der Waals surface area contributed by atoms with E-state index < -0.39 is 10.0 Å². The quantitative estimate of drug-likeness (QED) is 0.787. The van der Waals surface area contributed by atoms with E-state index in [1.165, 1.54) is 18.9 Å². The number of hydrogen-bond donors (Lipinski definition) is 2. The lowest BCUT2D eigenvalue weighted by Crippen LogP contribution is -2.22. The molecule has 8 heteroatoms. The van der Waals surface area contributed by atoms with Crippen molar-refractivity contribution in [2.75, 3.05) is 0 Å². The van der Waals surface area contributed by atoms with Gasteiger partial charge in [-0.05, 0) is 25.0 Å². The number of sulfonamides is 1. The van der Waals surface area contributed by atoms with Crippen LogP contribution in [0.25, 0.3) is 0 Å². The second-order valence-electron chi connectivity index (χ2n) is 5.22. The fourth-order valence-corrected chi connectivity index (χ4v) is 2.91. The third kappa shape index (κ3) is 3.72. The number of aromatic nitrogens is 2. The van der Waals surface area contributed by atoms with Crippen molar-refractivity contribution in [3.05, 3.63) is 35.9 Å². The summed E-state index contributed by atoms with van der Waals surface area (Å²) in [5.41, 5.74) is 0.795. The van der Waals surface area contributed by atoms with E-state index >= 15 is 0 Å². The third-order valence-electron chi connectivity index (χ3n) is 3.27. The molecular formula is C13H18N4O3S. The largest absolute Gasteiger partial charge is 0.447 e. The molecule has 0 bridgehead atoms. The summed E-state index contributed by atoms with van der Waals surface area (Å²) in [5.74, 6) is 0.628. The van der Waals surface area contributed by atoms with Crippen LogP contribution >= 0.6 is 0 Å². The number of furan rings is 1. The predicted octanol–water partition coefficient (Wildman–Crippen LogP) is 0.744. The maximum Gasteiger partial charge on any atom is 0.274 e. The minimum absolute atomic E-state index is 0.0565. The first-order chi connectivity index (χ1) is 10.0. The van der Waals surface area contributed by atoms with Gasteiger partial charge in [0.15, 0.2) is 0 Å². The second kappa shape index (κ2) is 5.63. The Kier molecular flexibility index (Phi) is 3.83. The molecule has 21 heavy (non-hydrogen) atoms. The summed E-state index contributed by atoms with van der Waals surface area (Å²) in [6, 6.07) is 3.72. The number of nitrogens with one attached hydrogen (secondary N) is 2. The van der Waals surface area contributed by atoms with Crippen LogP contribution in [0.4, 0.5) is 0 Å². The summed E-state index contributed by atoms with van der Waals surface area (Å²) < 4.78 is 33.8. The molecule has 1 saturated carbocycles. The molecule has 0 aromatic carbocycles. The number of nitrogens with zero attached hydrogens (tertiary/aromatic N) is 2. The molecule has 2 aromatic rings. The van der Waals surface area contributed by atoms with Gasteiger partial charge in [0.2, 0.25) is 5.09 Å².